The van der Waals surface area contributed by atoms with Crippen LogP contribution in [0.4, 0.5) is 5.69 Å². The molecule has 0 aliphatic heterocycles. The van der Waals surface area contributed by atoms with Crippen LogP contribution in [0.25, 0.3) is 10.8 Å². The van der Waals surface area contributed by atoms with Gasteiger partial charge in [-0.15, -0.1) is 0 Å². The van der Waals surface area contributed by atoms with Crippen molar-refractivity contribution in [2.75, 3.05) is 19.0 Å². The predicted octanol–water partition coefficient (Wildman–Crippen LogP) is 3.74. The van der Waals surface area contributed by atoms with Crippen LogP contribution in [0.5, 0.6) is 11.5 Å². The Bertz CT molecular complexity index is 943. The number of rotatable bonds is 5. The van der Waals surface area contributed by atoms with Gasteiger partial charge in [0.2, 0.25) is 0 Å². The smallest absolute Gasteiger partial charge is 0.264 e. The Kier molecular flexibility index (Phi) is 5.66. The van der Waals surface area contributed by atoms with E-state index >= 15 is 0 Å². The quantitative estimate of drug-likeness (QED) is 0.674. The molecule has 6 heteroatoms. The minimum absolute atomic E-state index is 0.127. The molecule has 0 aliphatic carbocycles. The molecule has 0 unspecified atom stereocenters. The van der Waals surface area contributed by atoms with Crippen molar-refractivity contribution in [3.63, 3.8) is 0 Å². The molecule has 0 spiro atoms. The molecule has 132 valence electrons. The Morgan fingerprint density at radius 2 is 1.77 bits per heavy atom. The molecule has 3 aromatic carbocycles. The summed E-state index contributed by atoms with van der Waals surface area (Å²) < 4.78 is 10.7. The van der Waals surface area contributed by atoms with E-state index in [4.69, 9.17) is 21.7 Å². The number of fused-ring (bicyclic) bond motifs is 1. The number of thiocarbonyl (C=S) groups is 1. The maximum Gasteiger partial charge on any atom is 0.264 e. The van der Waals surface area contributed by atoms with E-state index in [-0.39, 0.29) is 17.6 Å². The predicted molar refractivity (Wildman–Crippen MR) is 107 cm³/mol. The van der Waals surface area contributed by atoms with E-state index < -0.39 is 0 Å². The molecular weight excluding hydrogens is 348 g/mol. The average molecular weight is 366 g/mol. The number of anilines is 1. The third kappa shape index (κ3) is 4.70. The van der Waals surface area contributed by atoms with Gasteiger partial charge in [-0.3, -0.25) is 10.1 Å². The maximum absolute atomic E-state index is 12.0. The van der Waals surface area contributed by atoms with Crippen molar-refractivity contribution in [2.24, 2.45) is 0 Å². The maximum atomic E-state index is 12.0. The summed E-state index contributed by atoms with van der Waals surface area (Å²) in [6.45, 7) is -0.127. The normalized spacial score (nSPS) is 10.2. The zero-order valence-corrected chi connectivity index (χ0v) is 15.0. The van der Waals surface area contributed by atoms with E-state index in [2.05, 4.69) is 10.6 Å². The van der Waals surface area contributed by atoms with E-state index in [1.807, 2.05) is 60.7 Å². The Balaban J connectivity index is 1.51. The van der Waals surface area contributed by atoms with Gasteiger partial charge in [-0.05, 0) is 47.3 Å². The zero-order valence-electron chi connectivity index (χ0n) is 14.2. The van der Waals surface area contributed by atoms with Crippen LogP contribution in [0.15, 0.2) is 66.7 Å². The summed E-state index contributed by atoms with van der Waals surface area (Å²) in [6.07, 6.45) is 0. The molecule has 26 heavy (non-hydrogen) atoms. The van der Waals surface area contributed by atoms with E-state index in [0.29, 0.717) is 11.5 Å². The van der Waals surface area contributed by atoms with Crippen LogP contribution in [-0.2, 0) is 4.79 Å². The molecule has 2 N–H and O–H groups in total. The zero-order chi connectivity index (χ0) is 18.4. The molecule has 3 rings (SSSR count). The standard InChI is InChI=1S/C20H18N2O3S/c1-24-17-8-4-7-16(12-17)21-20(26)22-19(23)13-25-18-10-9-14-5-2-3-6-15(14)11-18/h2-12H,13H2,1H3,(H2,21,22,23,26). The molecule has 0 saturated heterocycles. The largest absolute Gasteiger partial charge is 0.497 e. The molecule has 1 amide bonds. The minimum atomic E-state index is -0.335. The highest BCUT2D eigenvalue weighted by atomic mass is 32.1. The van der Waals surface area contributed by atoms with Gasteiger partial charge in [-0.25, -0.2) is 0 Å². The SMILES string of the molecule is COc1cccc(NC(=S)NC(=O)COc2ccc3ccccc3c2)c1. The minimum Gasteiger partial charge on any atom is -0.497 e. The molecular formula is C20H18N2O3S. The number of nitrogens with one attached hydrogen (secondary N) is 2. The molecule has 0 radical (unpaired) electrons. The van der Waals surface area contributed by atoms with Gasteiger partial charge in [0.15, 0.2) is 11.7 Å². The van der Waals surface area contributed by atoms with Crippen molar-refractivity contribution in [1.82, 2.24) is 5.32 Å². The number of benzene rings is 3. The fourth-order valence-corrected chi connectivity index (χ4v) is 2.66. The number of carbonyl (C=O) groups is 1. The monoisotopic (exact) mass is 366 g/mol. The summed E-state index contributed by atoms with van der Waals surface area (Å²) in [7, 11) is 1.59. The molecule has 0 aromatic heterocycles. The van der Waals surface area contributed by atoms with E-state index in [1.165, 1.54) is 0 Å². The lowest BCUT2D eigenvalue weighted by molar-refractivity contribution is -0.121. The number of amides is 1. The summed E-state index contributed by atoms with van der Waals surface area (Å²) in [5.41, 5.74) is 0.727. The molecule has 0 aliphatic rings. The fraction of sp³-hybridized carbons (Fsp3) is 0.100. The molecule has 0 fully saturated rings. The number of ether oxygens (including phenoxy) is 2. The first-order valence-corrected chi connectivity index (χ1v) is 8.41. The van der Waals surface area contributed by atoms with Gasteiger partial charge in [-0.2, -0.15) is 0 Å². The first kappa shape index (κ1) is 17.7. The Morgan fingerprint density at radius 1 is 0.962 bits per heavy atom. The highest BCUT2D eigenvalue weighted by Gasteiger charge is 2.07. The lowest BCUT2D eigenvalue weighted by Gasteiger charge is -2.11. The summed E-state index contributed by atoms with van der Waals surface area (Å²) in [5.74, 6) is 0.993. The van der Waals surface area contributed by atoms with Crippen molar-refractivity contribution in [2.45, 2.75) is 0 Å². The highest BCUT2D eigenvalue weighted by molar-refractivity contribution is 7.80. The van der Waals surface area contributed by atoms with Gasteiger partial charge in [-0.1, -0.05) is 36.4 Å². The Morgan fingerprint density at radius 3 is 2.58 bits per heavy atom. The summed E-state index contributed by atoms with van der Waals surface area (Å²) in [4.78, 5) is 12.0. The second kappa shape index (κ2) is 8.31. The molecule has 0 bridgehead atoms. The first-order valence-electron chi connectivity index (χ1n) is 8.00. The summed E-state index contributed by atoms with van der Waals surface area (Å²) in [5, 5.41) is 7.90. The number of hydrogen-bond donors (Lipinski definition) is 2. The van der Waals surface area contributed by atoms with Crippen LogP contribution in [-0.4, -0.2) is 24.7 Å². The van der Waals surface area contributed by atoms with Gasteiger partial charge in [0, 0.05) is 11.8 Å². The highest BCUT2D eigenvalue weighted by Crippen LogP contribution is 2.20. The topological polar surface area (TPSA) is 59.6 Å². The lowest BCUT2D eigenvalue weighted by Crippen LogP contribution is -2.37. The van der Waals surface area contributed by atoms with Crippen molar-refractivity contribution < 1.29 is 14.3 Å². The second-order valence-electron chi connectivity index (χ2n) is 5.53. The number of carbonyl (C=O) groups excluding carboxylic acids is 1. The molecule has 0 atom stereocenters. The first-order chi connectivity index (χ1) is 12.6. The van der Waals surface area contributed by atoms with Crippen LogP contribution in [0.3, 0.4) is 0 Å². The van der Waals surface area contributed by atoms with E-state index in [1.54, 1.807) is 13.2 Å². The molecule has 5 nitrogen and oxygen atoms in total. The Hall–Kier alpha value is -3.12. The van der Waals surface area contributed by atoms with E-state index in [0.717, 1.165) is 16.5 Å². The van der Waals surface area contributed by atoms with Gasteiger partial charge in [0.1, 0.15) is 11.5 Å². The molecule has 3 aromatic rings. The van der Waals surface area contributed by atoms with Crippen LogP contribution in [0.2, 0.25) is 0 Å². The summed E-state index contributed by atoms with van der Waals surface area (Å²) in [6, 6.07) is 20.9. The Labute approximate surface area is 156 Å². The van der Waals surface area contributed by atoms with Crippen molar-refractivity contribution in [3.8, 4) is 11.5 Å². The van der Waals surface area contributed by atoms with Crippen molar-refractivity contribution in [3.05, 3.63) is 66.7 Å². The van der Waals surface area contributed by atoms with Gasteiger partial charge < -0.3 is 14.8 Å². The number of methoxy groups -OCH3 is 1. The summed E-state index contributed by atoms with van der Waals surface area (Å²) >= 11 is 5.15. The third-order valence-electron chi connectivity index (χ3n) is 3.67. The lowest BCUT2D eigenvalue weighted by atomic mass is 10.1. The van der Waals surface area contributed by atoms with Crippen LogP contribution in [0, 0.1) is 0 Å². The van der Waals surface area contributed by atoms with Crippen LogP contribution >= 0.6 is 12.2 Å². The average Bonchev–Trinajstić information content (AvgIpc) is 2.66. The van der Waals surface area contributed by atoms with Crippen LogP contribution < -0.4 is 20.1 Å². The van der Waals surface area contributed by atoms with Gasteiger partial charge >= 0.3 is 0 Å². The van der Waals surface area contributed by atoms with E-state index in [9.17, 15) is 4.79 Å². The molecule has 0 saturated carbocycles. The van der Waals surface area contributed by atoms with Gasteiger partial charge in [0.25, 0.3) is 5.91 Å². The third-order valence-corrected chi connectivity index (χ3v) is 3.88. The van der Waals surface area contributed by atoms with Crippen LogP contribution in [0.1, 0.15) is 0 Å². The fourth-order valence-electron chi connectivity index (χ4n) is 2.43. The number of hydrogen-bond acceptors (Lipinski definition) is 4. The molecule has 0 heterocycles. The van der Waals surface area contributed by atoms with Crippen molar-refractivity contribution in [1.29, 1.82) is 0 Å². The second-order valence-corrected chi connectivity index (χ2v) is 5.94. The van der Waals surface area contributed by atoms with Crippen molar-refractivity contribution >= 4 is 39.7 Å². The van der Waals surface area contributed by atoms with Gasteiger partial charge in [0.05, 0.1) is 7.11 Å².